The average molecular weight is 449 g/mol. The summed E-state index contributed by atoms with van der Waals surface area (Å²) in [5, 5.41) is 2.85. The van der Waals surface area contributed by atoms with Gasteiger partial charge in [0.25, 0.3) is 0 Å². The molecule has 1 amide bonds. The van der Waals surface area contributed by atoms with Gasteiger partial charge in [0, 0.05) is 13.1 Å². The van der Waals surface area contributed by atoms with E-state index in [1.54, 1.807) is 0 Å². The molecule has 0 radical (unpaired) electrons. The van der Waals surface area contributed by atoms with E-state index in [2.05, 4.69) is 46.4 Å². The zero-order valence-electron chi connectivity index (χ0n) is 19.2. The van der Waals surface area contributed by atoms with Crippen LogP contribution in [0.3, 0.4) is 0 Å². The highest BCUT2D eigenvalue weighted by Crippen LogP contribution is 2.57. The molecule has 1 aromatic carbocycles. The summed E-state index contributed by atoms with van der Waals surface area (Å²) >= 11 is 0. The van der Waals surface area contributed by atoms with Gasteiger partial charge in [0.15, 0.2) is 11.6 Å². The number of carbonyl (C=O) groups excluding carboxylic acids is 1. The van der Waals surface area contributed by atoms with Crippen LogP contribution in [-0.4, -0.2) is 46.5 Å². The van der Waals surface area contributed by atoms with Crippen molar-refractivity contribution in [1.82, 2.24) is 14.9 Å². The molecule has 1 saturated heterocycles. The van der Waals surface area contributed by atoms with E-state index in [9.17, 15) is 4.79 Å². The van der Waals surface area contributed by atoms with Gasteiger partial charge in [-0.3, -0.25) is 9.69 Å². The van der Waals surface area contributed by atoms with Crippen molar-refractivity contribution < 1.29 is 9.53 Å². The third-order valence-electron chi connectivity index (χ3n) is 7.87. The summed E-state index contributed by atoms with van der Waals surface area (Å²) in [6.07, 6.45) is 4.85. The molecule has 2 saturated carbocycles. The lowest BCUT2D eigenvalue weighted by molar-refractivity contribution is -0.115. The first-order valence-electron chi connectivity index (χ1n) is 12.2. The van der Waals surface area contributed by atoms with Crippen LogP contribution >= 0.6 is 0 Å². The standard InChI is InChI=1S/C25H32N6O2/c1-15-19-10-18(11-20(15)19)33-25-28-23(26)22-24(29-25)31(14-21(32)27-22)13-17-6-4-5-16(9-17)12-30-7-2-3-8-30/h4-6,9,15,18-20H,2-3,7-8,10-14H2,1H3,(H,27,32)(H2,26,28,29)/t15?,18?,19-,20?/m0/s1. The molecule has 174 valence electrons. The highest BCUT2D eigenvalue weighted by molar-refractivity contribution is 6.03. The third kappa shape index (κ3) is 4.12. The van der Waals surface area contributed by atoms with Crippen LogP contribution in [0.5, 0.6) is 6.01 Å². The Hall–Kier alpha value is -2.87. The number of nitrogen functional groups attached to an aromatic ring is 1. The van der Waals surface area contributed by atoms with Gasteiger partial charge in [-0.2, -0.15) is 9.97 Å². The number of likely N-dealkylation sites (tertiary alicyclic amines) is 1. The molecule has 8 nitrogen and oxygen atoms in total. The first kappa shape index (κ1) is 20.7. The van der Waals surface area contributed by atoms with E-state index in [4.69, 9.17) is 15.5 Å². The van der Waals surface area contributed by atoms with Gasteiger partial charge < -0.3 is 20.7 Å². The molecule has 2 aliphatic heterocycles. The van der Waals surface area contributed by atoms with E-state index in [1.165, 1.54) is 31.5 Å². The largest absolute Gasteiger partial charge is 0.460 e. The number of anilines is 3. The van der Waals surface area contributed by atoms with E-state index < -0.39 is 0 Å². The van der Waals surface area contributed by atoms with Gasteiger partial charge >= 0.3 is 6.01 Å². The maximum atomic E-state index is 12.4. The quantitative estimate of drug-likeness (QED) is 0.701. The van der Waals surface area contributed by atoms with Crippen molar-refractivity contribution in [2.45, 2.75) is 51.8 Å². The minimum absolute atomic E-state index is 0.107. The van der Waals surface area contributed by atoms with Gasteiger partial charge in [-0.15, -0.1) is 0 Å². The summed E-state index contributed by atoms with van der Waals surface area (Å²) in [6.45, 7) is 6.44. The molecule has 3 fully saturated rings. The third-order valence-corrected chi connectivity index (χ3v) is 7.87. The van der Waals surface area contributed by atoms with Gasteiger partial charge in [0.2, 0.25) is 5.91 Å². The molecule has 3 heterocycles. The van der Waals surface area contributed by atoms with Crippen LogP contribution in [0.4, 0.5) is 17.3 Å². The van der Waals surface area contributed by atoms with Crippen LogP contribution in [0.15, 0.2) is 24.3 Å². The summed E-state index contributed by atoms with van der Waals surface area (Å²) in [7, 11) is 0. The van der Waals surface area contributed by atoms with Crippen molar-refractivity contribution in [2.75, 3.05) is 35.6 Å². The second-order valence-electron chi connectivity index (χ2n) is 10.2. The summed E-state index contributed by atoms with van der Waals surface area (Å²) in [6, 6.07) is 8.93. The topological polar surface area (TPSA) is 96.6 Å². The molecule has 0 bridgehead atoms. The number of aromatic nitrogens is 2. The molecule has 3 unspecified atom stereocenters. The number of nitrogens with two attached hydrogens (primary N) is 1. The highest BCUT2D eigenvalue weighted by atomic mass is 16.5. The molecule has 2 aromatic rings. The number of benzene rings is 1. The number of hydrogen-bond donors (Lipinski definition) is 2. The van der Waals surface area contributed by atoms with Gasteiger partial charge in [-0.1, -0.05) is 31.2 Å². The average Bonchev–Trinajstić information content (AvgIpc) is 3.19. The van der Waals surface area contributed by atoms with E-state index in [-0.39, 0.29) is 24.4 Å². The summed E-state index contributed by atoms with van der Waals surface area (Å²) in [5.74, 6) is 3.18. The predicted octanol–water partition coefficient (Wildman–Crippen LogP) is 3.04. The molecule has 6 rings (SSSR count). The molecular weight excluding hydrogens is 416 g/mol. The molecule has 4 atom stereocenters. The van der Waals surface area contributed by atoms with Crippen LogP contribution in [0.2, 0.25) is 0 Å². The van der Waals surface area contributed by atoms with Crippen LogP contribution in [-0.2, 0) is 17.9 Å². The lowest BCUT2D eigenvalue weighted by Gasteiger charge is -2.30. The number of ether oxygens (including phenoxy) is 1. The van der Waals surface area contributed by atoms with E-state index in [0.29, 0.717) is 24.1 Å². The SMILES string of the molecule is CC1C2CC(Oc3nc(N)c4c(n3)N(Cc3cccc(CN5CCCC5)c3)CC(=O)N4)C[C@@H]12. The second kappa shape index (κ2) is 8.17. The van der Waals surface area contributed by atoms with Crippen molar-refractivity contribution in [3.05, 3.63) is 35.4 Å². The minimum atomic E-state index is -0.107. The molecular formula is C25H32N6O2. The Kier molecular flexibility index (Phi) is 5.13. The Bertz CT molecular complexity index is 1060. The first-order chi connectivity index (χ1) is 16.0. The predicted molar refractivity (Wildman–Crippen MR) is 127 cm³/mol. The number of hydrogen-bond acceptors (Lipinski definition) is 7. The number of nitrogens with one attached hydrogen (secondary N) is 1. The van der Waals surface area contributed by atoms with E-state index in [1.807, 2.05) is 4.90 Å². The fourth-order valence-electron chi connectivity index (χ4n) is 6.01. The van der Waals surface area contributed by atoms with Gasteiger partial charge in [-0.25, -0.2) is 0 Å². The van der Waals surface area contributed by atoms with E-state index >= 15 is 0 Å². The number of carbonyl (C=O) groups is 1. The smallest absolute Gasteiger partial charge is 0.320 e. The molecule has 2 aliphatic carbocycles. The zero-order valence-corrected chi connectivity index (χ0v) is 19.2. The summed E-state index contributed by atoms with van der Waals surface area (Å²) < 4.78 is 6.14. The van der Waals surface area contributed by atoms with Crippen molar-refractivity contribution in [3.63, 3.8) is 0 Å². The number of nitrogens with zero attached hydrogens (tertiary/aromatic N) is 4. The number of rotatable bonds is 6. The van der Waals surface area contributed by atoms with Crippen molar-refractivity contribution in [3.8, 4) is 6.01 Å². The Morgan fingerprint density at radius 3 is 2.61 bits per heavy atom. The Morgan fingerprint density at radius 2 is 1.85 bits per heavy atom. The van der Waals surface area contributed by atoms with Crippen LogP contribution in [0.1, 0.15) is 43.7 Å². The maximum absolute atomic E-state index is 12.4. The summed E-state index contributed by atoms with van der Waals surface area (Å²) in [5.41, 5.74) is 9.16. The molecule has 3 N–H and O–H groups in total. The molecule has 1 aromatic heterocycles. The Balaban J connectivity index is 1.21. The Morgan fingerprint density at radius 1 is 1.12 bits per heavy atom. The maximum Gasteiger partial charge on any atom is 0.320 e. The van der Waals surface area contributed by atoms with Gasteiger partial charge in [-0.05, 0) is 67.7 Å². The normalized spacial score (nSPS) is 28.4. The van der Waals surface area contributed by atoms with Crippen LogP contribution < -0.4 is 20.7 Å². The minimum Gasteiger partial charge on any atom is -0.460 e. The summed E-state index contributed by atoms with van der Waals surface area (Å²) in [4.78, 5) is 25.9. The number of amides is 1. The van der Waals surface area contributed by atoms with Crippen LogP contribution in [0.25, 0.3) is 0 Å². The Labute approximate surface area is 194 Å². The van der Waals surface area contributed by atoms with E-state index in [0.717, 1.165) is 42.7 Å². The fraction of sp³-hybridized carbons (Fsp3) is 0.560. The van der Waals surface area contributed by atoms with Crippen molar-refractivity contribution in [2.24, 2.45) is 17.8 Å². The lowest BCUT2D eigenvalue weighted by Crippen LogP contribution is -2.39. The van der Waals surface area contributed by atoms with Gasteiger partial charge in [0.1, 0.15) is 11.8 Å². The number of fused-ring (bicyclic) bond motifs is 2. The molecule has 0 spiro atoms. The monoisotopic (exact) mass is 448 g/mol. The highest BCUT2D eigenvalue weighted by Gasteiger charge is 2.54. The lowest BCUT2D eigenvalue weighted by atomic mass is 10.1. The van der Waals surface area contributed by atoms with Gasteiger partial charge in [0.05, 0.1) is 6.54 Å². The second-order valence-corrected chi connectivity index (χ2v) is 10.2. The fourth-order valence-corrected chi connectivity index (χ4v) is 6.01. The molecule has 33 heavy (non-hydrogen) atoms. The molecule has 8 heteroatoms. The van der Waals surface area contributed by atoms with Crippen LogP contribution in [0, 0.1) is 17.8 Å². The molecule has 4 aliphatic rings. The first-order valence-corrected chi connectivity index (χ1v) is 12.2. The van der Waals surface area contributed by atoms with Crippen molar-refractivity contribution >= 4 is 23.2 Å². The van der Waals surface area contributed by atoms with Crippen molar-refractivity contribution in [1.29, 1.82) is 0 Å². The zero-order chi connectivity index (χ0) is 22.5.